The number of nitrogens with zero attached hydrogens (tertiary/aromatic N) is 2. The fourth-order valence-electron chi connectivity index (χ4n) is 4.41. The summed E-state index contributed by atoms with van der Waals surface area (Å²) in [6.07, 6.45) is 1.47. The first-order valence-electron chi connectivity index (χ1n) is 11.0. The Balaban J connectivity index is 1.37. The summed E-state index contributed by atoms with van der Waals surface area (Å²) in [6, 6.07) is 33.1. The molecule has 1 saturated heterocycles. The maximum Gasteiger partial charge on any atom is 0.135 e. The van der Waals surface area contributed by atoms with E-state index in [1.165, 1.54) is 11.1 Å². The fourth-order valence-corrected chi connectivity index (χ4v) is 4.75. The number of hydrogen-bond donors (Lipinski definition) is 0. The van der Waals surface area contributed by atoms with Crippen LogP contribution in [0.3, 0.4) is 0 Å². The lowest BCUT2D eigenvalue weighted by molar-refractivity contribution is -0.0910. The first kappa shape index (κ1) is 22.1. The third-order valence-corrected chi connectivity index (χ3v) is 6.61. The molecule has 5 rings (SSSR count). The Hall–Kier alpha value is -2.69. The summed E-state index contributed by atoms with van der Waals surface area (Å²) in [5.74, 6) is 0. The standard InChI is InChI=1S/C28H24Cl2N2O/c29-23-15-13-22(14-16-23)27(25-12-7-17-31-28(25)30)33-24-18-32(19-24)26(20-8-3-1-4-9-20)21-10-5-2-6-11-21/h1-17,24,26-27H,18-19H2. The molecule has 5 heteroatoms. The molecule has 3 aromatic carbocycles. The van der Waals surface area contributed by atoms with Gasteiger partial charge in [-0.3, -0.25) is 4.90 Å². The molecule has 166 valence electrons. The molecule has 0 aliphatic carbocycles. The van der Waals surface area contributed by atoms with Crippen molar-refractivity contribution in [2.75, 3.05) is 13.1 Å². The van der Waals surface area contributed by atoms with Gasteiger partial charge in [-0.05, 0) is 34.9 Å². The summed E-state index contributed by atoms with van der Waals surface area (Å²) in [7, 11) is 0. The molecule has 1 aliphatic heterocycles. The van der Waals surface area contributed by atoms with Crippen LogP contribution in [0.2, 0.25) is 10.2 Å². The normalized spacial score (nSPS) is 15.4. The van der Waals surface area contributed by atoms with Gasteiger partial charge < -0.3 is 4.74 Å². The number of benzene rings is 3. The zero-order valence-electron chi connectivity index (χ0n) is 18.0. The van der Waals surface area contributed by atoms with Crippen molar-refractivity contribution >= 4 is 23.2 Å². The lowest BCUT2D eigenvalue weighted by atomic mass is 9.93. The van der Waals surface area contributed by atoms with Crippen molar-refractivity contribution in [3.05, 3.63) is 136 Å². The number of aromatic nitrogens is 1. The van der Waals surface area contributed by atoms with Crippen LogP contribution in [-0.2, 0) is 4.74 Å². The lowest BCUT2D eigenvalue weighted by Gasteiger charge is -2.45. The molecule has 33 heavy (non-hydrogen) atoms. The van der Waals surface area contributed by atoms with Gasteiger partial charge in [0.2, 0.25) is 0 Å². The fraction of sp³-hybridized carbons (Fsp3) is 0.179. The molecular formula is C28H24Cl2N2O. The van der Waals surface area contributed by atoms with Crippen LogP contribution in [0, 0.1) is 0 Å². The molecule has 1 aliphatic rings. The summed E-state index contributed by atoms with van der Waals surface area (Å²) in [5, 5.41) is 1.15. The summed E-state index contributed by atoms with van der Waals surface area (Å²) in [4.78, 5) is 6.72. The summed E-state index contributed by atoms with van der Waals surface area (Å²) >= 11 is 12.6. The predicted molar refractivity (Wildman–Crippen MR) is 134 cm³/mol. The van der Waals surface area contributed by atoms with Gasteiger partial charge in [0.25, 0.3) is 0 Å². The highest BCUT2D eigenvalue weighted by molar-refractivity contribution is 6.30. The lowest BCUT2D eigenvalue weighted by Crippen LogP contribution is -2.54. The molecule has 1 atom stereocenters. The zero-order valence-corrected chi connectivity index (χ0v) is 19.5. The first-order valence-corrected chi connectivity index (χ1v) is 11.8. The molecule has 0 spiro atoms. The predicted octanol–water partition coefficient (Wildman–Crippen LogP) is 6.97. The van der Waals surface area contributed by atoms with Crippen LogP contribution in [0.5, 0.6) is 0 Å². The molecule has 0 amide bonds. The molecule has 0 radical (unpaired) electrons. The molecule has 4 aromatic rings. The Bertz CT molecular complexity index is 1140. The maximum absolute atomic E-state index is 6.62. The topological polar surface area (TPSA) is 25.4 Å². The average Bonchev–Trinajstić information content (AvgIpc) is 2.83. The van der Waals surface area contributed by atoms with E-state index >= 15 is 0 Å². The smallest absolute Gasteiger partial charge is 0.135 e. The van der Waals surface area contributed by atoms with E-state index < -0.39 is 0 Å². The molecule has 2 heterocycles. The number of pyridine rings is 1. The molecular weight excluding hydrogens is 451 g/mol. The van der Waals surface area contributed by atoms with Gasteiger partial charge in [-0.1, -0.05) is 102 Å². The van der Waals surface area contributed by atoms with Gasteiger partial charge in [0.1, 0.15) is 11.3 Å². The highest BCUT2D eigenvalue weighted by Crippen LogP contribution is 2.37. The van der Waals surface area contributed by atoms with E-state index in [0.29, 0.717) is 10.2 Å². The highest BCUT2D eigenvalue weighted by atomic mass is 35.5. The maximum atomic E-state index is 6.62. The second-order valence-corrected chi connectivity index (χ2v) is 9.05. The number of ether oxygens (including phenoxy) is 1. The molecule has 0 bridgehead atoms. The Kier molecular flexibility index (Phi) is 6.75. The van der Waals surface area contributed by atoms with Crippen molar-refractivity contribution in [3.8, 4) is 0 Å². The SMILES string of the molecule is Clc1ccc(C(OC2CN(C(c3ccccc3)c3ccccc3)C2)c2cccnc2Cl)cc1. The number of rotatable bonds is 7. The van der Waals surface area contributed by atoms with Crippen molar-refractivity contribution in [2.45, 2.75) is 18.2 Å². The summed E-state index contributed by atoms with van der Waals surface area (Å²) in [5.41, 5.74) is 4.44. The number of hydrogen-bond acceptors (Lipinski definition) is 3. The minimum absolute atomic E-state index is 0.0804. The Morgan fingerprint density at radius 1 is 0.727 bits per heavy atom. The van der Waals surface area contributed by atoms with Crippen molar-refractivity contribution < 1.29 is 4.74 Å². The molecule has 0 saturated carbocycles. The van der Waals surface area contributed by atoms with Crippen LogP contribution in [0.1, 0.15) is 34.4 Å². The van der Waals surface area contributed by atoms with Crippen LogP contribution in [0.4, 0.5) is 0 Å². The average molecular weight is 475 g/mol. The van der Waals surface area contributed by atoms with E-state index in [4.69, 9.17) is 27.9 Å². The number of halogens is 2. The molecule has 1 unspecified atom stereocenters. The Morgan fingerprint density at radius 3 is 1.91 bits per heavy atom. The second kappa shape index (κ2) is 10.1. The van der Waals surface area contributed by atoms with Crippen LogP contribution in [-0.4, -0.2) is 29.1 Å². The second-order valence-electron chi connectivity index (χ2n) is 8.25. The van der Waals surface area contributed by atoms with Crippen molar-refractivity contribution in [2.24, 2.45) is 0 Å². The molecule has 1 aromatic heterocycles. The third-order valence-electron chi connectivity index (χ3n) is 6.04. The van der Waals surface area contributed by atoms with E-state index in [1.54, 1.807) is 6.20 Å². The Labute approximate surface area is 204 Å². The van der Waals surface area contributed by atoms with Gasteiger partial charge in [-0.15, -0.1) is 0 Å². The quantitative estimate of drug-likeness (QED) is 0.270. The van der Waals surface area contributed by atoms with Gasteiger partial charge in [-0.2, -0.15) is 0 Å². The van der Waals surface area contributed by atoms with Gasteiger partial charge in [0, 0.05) is 29.9 Å². The highest BCUT2D eigenvalue weighted by Gasteiger charge is 2.36. The van der Waals surface area contributed by atoms with Gasteiger partial charge in [0.15, 0.2) is 0 Å². The van der Waals surface area contributed by atoms with Gasteiger partial charge in [-0.25, -0.2) is 4.98 Å². The van der Waals surface area contributed by atoms with Crippen LogP contribution in [0.15, 0.2) is 103 Å². The van der Waals surface area contributed by atoms with Crippen LogP contribution < -0.4 is 0 Å². The van der Waals surface area contributed by atoms with E-state index in [2.05, 4.69) is 70.5 Å². The van der Waals surface area contributed by atoms with E-state index in [9.17, 15) is 0 Å². The number of likely N-dealkylation sites (tertiary alicyclic amines) is 1. The van der Waals surface area contributed by atoms with E-state index in [1.807, 2.05) is 36.4 Å². The molecule has 3 nitrogen and oxygen atoms in total. The zero-order chi connectivity index (χ0) is 22.6. The minimum Gasteiger partial charge on any atom is -0.363 e. The van der Waals surface area contributed by atoms with E-state index in [-0.39, 0.29) is 18.2 Å². The van der Waals surface area contributed by atoms with Crippen molar-refractivity contribution in [1.82, 2.24) is 9.88 Å². The summed E-state index contributed by atoms with van der Waals surface area (Å²) in [6.45, 7) is 1.66. The van der Waals surface area contributed by atoms with E-state index in [0.717, 1.165) is 24.2 Å². The Morgan fingerprint density at radius 2 is 1.33 bits per heavy atom. The monoisotopic (exact) mass is 474 g/mol. The molecule has 1 fully saturated rings. The summed E-state index contributed by atoms with van der Waals surface area (Å²) < 4.78 is 6.62. The van der Waals surface area contributed by atoms with Gasteiger partial charge in [0.05, 0.1) is 12.1 Å². The molecule has 0 N–H and O–H groups in total. The third kappa shape index (κ3) is 4.97. The first-order chi connectivity index (χ1) is 16.2. The van der Waals surface area contributed by atoms with Crippen molar-refractivity contribution in [3.63, 3.8) is 0 Å². The largest absolute Gasteiger partial charge is 0.363 e. The van der Waals surface area contributed by atoms with Crippen molar-refractivity contribution in [1.29, 1.82) is 0 Å². The van der Waals surface area contributed by atoms with Gasteiger partial charge >= 0.3 is 0 Å². The minimum atomic E-state index is -0.303. The van der Waals surface area contributed by atoms with Crippen LogP contribution in [0.25, 0.3) is 0 Å². The van der Waals surface area contributed by atoms with Crippen LogP contribution >= 0.6 is 23.2 Å².